The average Bonchev–Trinajstić information content (AvgIpc) is 3.08. The number of thiazole rings is 1. The monoisotopic (exact) mass is 414 g/mol. The molecule has 0 aliphatic heterocycles. The molecule has 0 spiro atoms. The summed E-state index contributed by atoms with van der Waals surface area (Å²) in [6, 6.07) is 10.3. The Morgan fingerprint density at radius 3 is 2.25 bits per heavy atom. The normalized spacial score (nSPS) is 10.4. The highest BCUT2D eigenvalue weighted by atomic mass is 35.5. The van der Waals surface area contributed by atoms with Gasteiger partial charge in [-0.25, -0.2) is 9.78 Å². The first-order valence-corrected chi connectivity index (χ1v) is 9.76. The Balaban J connectivity index is 1.64. The van der Waals surface area contributed by atoms with Gasteiger partial charge in [0.05, 0.1) is 0 Å². The molecular formula is C20H19ClN4O2S. The summed E-state index contributed by atoms with van der Waals surface area (Å²) in [6.45, 7) is 5.91. The van der Waals surface area contributed by atoms with E-state index in [4.69, 9.17) is 11.6 Å². The van der Waals surface area contributed by atoms with E-state index in [1.807, 2.05) is 32.9 Å². The van der Waals surface area contributed by atoms with Crippen LogP contribution < -0.4 is 16.0 Å². The van der Waals surface area contributed by atoms with Crippen LogP contribution in [0.15, 0.2) is 41.8 Å². The number of hydrogen-bond acceptors (Lipinski definition) is 4. The number of benzene rings is 2. The van der Waals surface area contributed by atoms with Crippen molar-refractivity contribution in [1.82, 2.24) is 4.98 Å². The van der Waals surface area contributed by atoms with Crippen molar-refractivity contribution >= 4 is 51.4 Å². The van der Waals surface area contributed by atoms with Gasteiger partial charge >= 0.3 is 6.03 Å². The third-order valence-corrected chi connectivity index (χ3v) is 4.98. The van der Waals surface area contributed by atoms with Crippen molar-refractivity contribution in [3.8, 4) is 0 Å². The van der Waals surface area contributed by atoms with Crippen molar-refractivity contribution in [2.24, 2.45) is 0 Å². The molecule has 1 aromatic heterocycles. The van der Waals surface area contributed by atoms with E-state index in [2.05, 4.69) is 20.9 Å². The van der Waals surface area contributed by atoms with Gasteiger partial charge in [-0.1, -0.05) is 29.3 Å². The van der Waals surface area contributed by atoms with Crippen LogP contribution in [0.1, 0.15) is 27.2 Å². The second-order valence-corrected chi connectivity index (χ2v) is 7.65. The molecule has 28 heavy (non-hydrogen) atoms. The Bertz CT molecular complexity index is 1010. The number of nitrogens with zero attached hydrogens (tertiary/aromatic N) is 1. The van der Waals surface area contributed by atoms with Crippen molar-refractivity contribution in [3.63, 3.8) is 0 Å². The van der Waals surface area contributed by atoms with Gasteiger partial charge in [0.2, 0.25) is 0 Å². The minimum Gasteiger partial charge on any atom is -0.320 e. The third-order valence-electron chi connectivity index (χ3n) is 3.97. The molecule has 0 radical (unpaired) electrons. The van der Waals surface area contributed by atoms with Crippen LogP contribution in [0.5, 0.6) is 0 Å². The molecule has 0 atom stereocenters. The Labute approximate surface area is 172 Å². The number of urea groups is 1. The smallest absolute Gasteiger partial charge is 0.320 e. The summed E-state index contributed by atoms with van der Waals surface area (Å²) in [7, 11) is 0. The standard InChI is InChI=1S/C20H19ClN4O2S/c1-11-8-12(2)17(13(3)9-11)24-18(26)16-10-28-20(23-16)25-19(27)22-15-6-4-14(21)5-7-15/h4-10H,1-3H3,(H,24,26)(H2,22,23,25,27). The predicted molar refractivity (Wildman–Crippen MR) is 115 cm³/mol. The summed E-state index contributed by atoms with van der Waals surface area (Å²) >= 11 is 7.00. The first-order chi connectivity index (χ1) is 13.3. The quantitative estimate of drug-likeness (QED) is 0.518. The molecule has 0 aliphatic carbocycles. The molecule has 6 nitrogen and oxygen atoms in total. The number of nitrogens with one attached hydrogen (secondary N) is 3. The average molecular weight is 415 g/mol. The molecule has 0 unspecified atom stereocenters. The fourth-order valence-electron chi connectivity index (χ4n) is 2.78. The molecular weight excluding hydrogens is 396 g/mol. The zero-order valence-corrected chi connectivity index (χ0v) is 17.2. The highest BCUT2D eigenvalue weighted by Crippen LogP contribution is 2.24. The first kappa shape index (κ1) is 19.9. The van der Waals surface area contributed by atoms with E-state index in [0.717, 1.165) is 22.4 Å². The van der Waals surface area contributed by atoms with Crippen molar-refractivity contribution in [2.75, 3.05) is 16.0 Å². The summed E-state index contributed by atoms with van der Waals surface area (Å²) in [4.78, 5) is 28.8. The van der Waals surface area contributed by atoms with Crippen LogP contribution in [0.4, 0.5) is 21.3 Å². The van der Waals surface area contributed by atoms with Crippen LogP contribution in [0.25, 0.3) is 0 Å². The molecule has 2 aromatic carbocycles. The number of aryl methyl sites for hydroxylation is 3. The van der Waals surface area contributed by atoms with E-state index in [0.29, 0.717) is 15.8 Å². The maximum atomic E-state index is 12.5. The van der Waals surface area contributed by atoms with Crippen LogP contribution in [0.2, 0.25) is 5.02 Å². The highest BCUT2D eigenvalue weighted by molar-refractivity contribution is 7.14. The fraction of sp³-hybridized carbons (Fsp3) is 0.150. The molecule has 0 fully saturated rings. The highest BCUT2D eigenvalue weighted by Gasteiger charge is 2.15. The van der Waals surface area contributed by atoms with E-state index in [9.17, 15) is 9.59 Å². The van der Waals surface area contributed by atoms with E-state index < -0.39 is 6.03 Å². The second kappa shape index (κ2) is 8.41. The molecule has 144 valence electrons. The number of aromatic nitrogens is 1. The van der Waals surface area contributed by atoms with Crippen LogP contribution in [0, 0.1) is 20.8 Å². The minimum atomic E-state index is -0.450. The molecule has 8 heteroatoms. The molecule has 0 bridgehead atoms. The predicted octanol–water partition coefficient (Wildman–Crippen LogP) is 5.62. The zero-order valence-electron chi connectivity index (χ0n) is 15.6. The van der Waals surface area contributed by atoms with Crippen molar-refractivity contribution in [2.45, 2.75) is 20.8 Å². The largest absolute Gasteiger partial charge is 0.325 e. The van der Waals surface area contributed by atoms with Crippen LogP contribution in [-0.2, 0) is 0 Å². The molecule has 0 saturated carbocycles. The number of hydrogen-bond donors (Lipinski definition) is 3. The van der Waals surface area contributed by atoms with Gasteiger partial charge in [-0.3, -0.25) is 10.1 Å². The topological polar surface area (TPSA) is 83.1 Å². The van der Waals surface area contributed by atoms with Gasteiger partial charge in [-0.2, -0.15) is 0 Å². The minimum absolute atomic E-state index is 0.242. The van der Waals surface area contributed by atoms with Gasteiger partial charge in [-0.05, 0) is 56.2 Å². The van der Waals surface area contributed by atoms with E-state index in [1.54, 1.807) is 29.6 Å². The Morgan fingerprint density at radius 2 is 1.61 bits per heavy atom. The van der Waals surface area contributed by atoms with Gasteiger partial charge in [0.25, 0.3) is 5.91 Å². The first-order valence-electron chi connectivity index (χ1n) is 8.50. The Hall–Kier alpha value is -2.90. The number of anilines is 3. The lowest BCUT2D eigenvalue weighted by molar-refractivity contribution is 0.102. The lowest BCUT2D eigenvalue weighted by Crippen LogP contribution is -2.19. The number of rotatable bonds is 4. The number of carbonyl (C=O) groups is 2. The summed E-state index contributed by atoms with van der Waals surface area (Å²) in [5.41, 5.74) is 4.73. The number of carbonyl (C=O) groups excluding carboxylic acids is 2. The lowest BCUT2D eigenvalue weighted by Gasteiger charge is -2.11. The summed E-state index contributed by atoms with van der Waals surface area (Å²) < 4.78 is 0. The maximum absolute atomic E-state index is 12.5. The summed E-state index contributed by atoms with van der Waals surface area (Å²) in [5, 5.41) is 10.7. The SMILES string of the molecule is Cc1cc(C)c(NC(=O)c2csc(NC(=O)Nc3ccc(Cl)cc3)n2)c(C)c1. The summed E-state index contributed by atoms with van der Waals surface area (Å²) in [5.74, 6) is -0.322. The number of halogens is 1. The Kier molecular flexibility index (Phi) is 5.96. The van der Waals surface area contributed by atoms with Gasteiger partial charge in [0.1, 0.15) is 5.69 Å². The second-order valence-electron chi connectivity index (χ2n) is 6.35. The molecule has 3 amide bonds. The fourth-order valence-corrected chi connectivity index (χ4v) is 3.59. The van der Waals surface area contributed by atoms with Crippen LogP contribution in [0.3, 0.4) is 0 Å². The van der Waals surface area contributed by atoms with Crippen molar-refractivity contribution < 1.29 is 9.59 Å². The van der Waals surface area contributed by atoms with Crippen LogP contribution in [-0.4, -0.2) is 16.9 Å². The van der Waals surface area contributed by atoms with E-state index >= 15 is 0 Å². The van der Waals surface area contributed by atoms with E-state index in [1.165, 1.54) is 11.3 Å². The van der Waals surface area contributed by atoms with Gasteiger partial charge in [0.15, 0.2) is 5.13 Å². The molecule has 3 aromatic rings. The number of amides is 3. The van der Waals surface area contributed by atoms with Crippen molar-refractivity contribution in [3.05, 3.63) is 69.2 Å². The zero-order chi connectivity index (χ0) is 20.3. The third kappa shape index (κ3) is 4.88. The van der Waals surface area contributed by atoms with Crippen LogP contribution >= 0.6 is 22.9 Å². The molecule has 1 heterocycles. The molecule has 3 rings (SSSR count). The van der Waals surface area contributed by atoms with Gasteiger partial charge < -0.3 is 10.6 Å². The van der Waals surface area contributed by atoms with Crippen molar-refractivity contribution in [1.29, 1.82) is 0 Å². The Morgan fingerprint density at radius 1 is 0.964 bits per heavy atom. The summed E-state index contributed by atoms with van der Waals surface area (Å²) in [6.07, 6.45) is 0. The molecule has 3 N–H and O–H groups in total. The molecule has 0 aliphatic rings. The lowest BCUT2D eigenvalue weighted by atomic mass is 10.1. The maximum Gasteiger partial charge on any atom is 0.325 e. The molecule has 0 saturated heterocycles. The van der Waals surface area contributed by atoms with E-state index in [-0.39, 0.29) is 11.6 Å². The van der Waals surface area contributed by atoms with Gasteiger partial charge in [-0.15, -0.1) is 11.3 Å². The van der Waals surface area contributed by atoms with Gasteiger partial charge in [0, 0.05) is 21.8 Å².